The van der Waals surface area contributed by atoms with Gasteiger partial charge in [-0.1, -0.05) is 0 Å². The molecule has 0 spiro atoms. The SMILES string of the molecule is CC(C)(C)OC(=O)CCc1cc(O)c2ncnn2c1. The van der Waals surface area contributed by atoms with Gasteiger partial charge in [-0.05, 0) is 38.8 Å². The number of aromatic hydroxyl groups is 1. The third-order valence-corrected chi connectivity index (χ3v) is 2.45. The van der Waals surface area contributed by atoms with Crippen LogP contribution in [0.1, 0.15) is 32.8 Å². The van der Waals surface area contributed by atoms with Crippen molar-refractivity contribution in [3.63, 3.8) is 0 Å². The number of carbonyl (C=O) groups is 1. The molecule has 0 saturated carbocycles. The summed E-state index contributed by atoms with van der Waals surface area (Å²) in [6, 6.07) is 1.59. The van der Waals surface area contributed by atoms with E-state index in [0.29, 0.717) is 12.1 Å². The Balaban J connectivity index is 2.04. The van der Waals surface area contributed by atoms with Crippen molar-refractivity contribution in [2.75, 3.05) is 0 Å². The van der Waals surface area contributed by atoms with Gasteiger partial charge in [-0.15, -0.1) is 0 Å². The number of fused-ring (bicyclic) bond motifs is 1. The number of hydrogen-bond acceptors (Lipinski definition) is 5. The maximum absolute atomic E-state index is 11.6. The van der Waals surface area contributed by atoms with Crippen molar-refractivity contribution in [1.82, 2.24) is 14.6 Å². The number of esters is 1. The molecule has 0 bridgehead atoms. The molecular weight excluding hydrogens is 246 g/mol. The van der Waals surface area contributed by atoms with E-state index in [0.717, 1.165) is 5.56 Å². The lowest BCUT2D eigenvalue weighted by Crippen LogP contribution is -2.24. The molecule has 2 heterocycles. The summed E-state index contributed by atoms with van der Waals surface area (Å²) in [5.74, 6) is -0.204. The zero-order valence-corrected chi connectivity index (χ0v) is 11.3. The number of ether oxygens (including phenoxy) is 1. The molecule has 1 N–H and O–H groups in total. The van der Waals surface area contributed by atoms with E-state index >= 15 is 0 Å². The second-order valence-corrected chi connectivity index (χ2v) is 5.35. The lowest BCUT2D eigenvalue weighted by atomic mass is 10.1. The second-order valence-electron chi connectivity index (χ2n) is 5.35. The number of aromatic nitrogens is 3. The number of rotatable bonds is 3. The average molecular weight is 263 g/mol. The van der Waals surface area contributed by atoms with Gasteiger partial charge in [0.25, 0.3) is 0 Å². The molecule has 0 saturated heterocycles. The summed E-state index contributed by atoms with van der Waals surface area (Å²) in [7, 11) is 0. The van der Waals surface area contributed by atoms with Crippen LogP contribution in [0.25, 0.3) is 5.65 Å². The zero-order chi connectivity index (χ0) is 14.0. The Hall–Kier alpha value is -2.11. The highest BCUT2D eigenvalue weighted by Gasteiger charge is 2.16. The number of nitrogens with zero attached hydrogens (tertiary/aromatic N) is 3. The second kappa shape index (κ2) is 4.87. The minimum atomic E-state index is -0.477. The highest BCUT2D eigenvalue weighted by Crippen LogP contribution is 2.18. The Kier molecular flexibility index (Phi) is 3.42. The first-order valence-corrected chi connectivity index (χ1v) is 6.08. The van der Waals surface area contributed by atoms with Gasteiger partial charge in [-0.2, -0.15) is 5.10 Å². The minimum Gasteiger partial charge on any atom is -0.504 e. The van der Waals surface area contributed by atoms with E-state index in [1.165, 1.54) is 10.8 Å². The normalized spacial score (nSPS) is 11.7. The quantitative estimate of drug-likeness (QED) is 0.853. The van der Waals surface area contributed by atoms with Crippen LogP contribution in [0.2, 0.25) is 0 Å². The summed E-state index contributed by atoms with van der Waals surface area (Å²) >= 11 is 0. The highest BCUT2D eigenvalue weighted by molar-refractivity contribution is 5.70. The molecule has 6 nitrogen and oxygen atoms in total. The van der Waals surface area contributed by atoms with Crippen LogP contribution in [-0.4, -0.2) is 31.3 Å². The summed E-state index contributed by atoms with van der Waals surface area (Å²) in [5, 5.41) is 13.7. The number of pyridine rings is 1. The molecule has 0 fully saturated rings. The van der Waals surface area contributed by atoms with E-state index in [1.54, 1.807) is 12.3 Å². The molecule has 2 aromatic heterocycles. The molecule has 0 radical (unpaired) electrons. The summed E-state index contributed by atoms with van der Waals surface area (Å²) in [6.07, 6.45) is 3.86. The van der Waals surface area contributed by atoms with Crippen molar-refractivity contribution in [3.05, 3.63) is 24.2 Å². The van der Waals surface area contributed by atoms with Gasteiger partial charge < -0.3 is 9.84 Å². The van der Waals surface area contributed by atoms with E-state index in [4.69, 9.17) is 4.74 Å². The van der Waals surface area contributed by atoms with Gasteiger partial charge in [0.05, 0.1) is 0 Å². The van der Waals surface area contributed by atoms with E-state index in [2.05, 4.69) is 10.1 Å². The van der Waals surface area contributed by atoms with Crippen LogP contribution in [0.5, 0.6) is 5.75 Å². The Morgan fingerprint density at radius 2 is 2.21 bits per heavy atom. The monoisotopic (exact) mass is 263 g/mol. The van der Waals surface area contributed by atoms with Crippen LogP contribution < -0.4 is 0 Å². The third kappa shape index (κ3) is 3.43. The maximum Gasteiger partial charge on any atom is 0.306 e. The lowest BCUT2D eigenvalue weighted by molar-refractivity contribution is -0.154. The Bertz CT molecular complexity index is 599. The Morgan fingerprint density at radius 3 is 2.89 bits per heavy atom. The van der Waals surface area contributed by atoms with Crippen molar-refractivity contribution >= 4 is 11.6 Å². The molecule has 102 valence electrons. The molecule has 2 rings (SSSR count). The fraction of sp³-hybridized carbons (Fsp3) is 0.462. The van der Waals surface area contributed by atoms with Crippen molar-refractivity contribution in [2.45, 2.75) is 39.2 Å². The largest absolute Gasteiger partial charge is 0.504 e. The van der Waals surface area contributed by atoms with Gasteiger partial charge in [0.2, 0.25) is 0 Å². The smallest absolute Gasteiger partial charge is 0.306 e. The highest BCUT2D eigenvalue weighted by atomic mass is 16.6. The lowest BCUT2D eigenvalue weighted by Gasteiger charge is -2.19. The van der Waals surface area contributed by atoms with Gasteiger partial charge in [0, 0.05) is 12.6 Å². The molecule has 19 heavy (non-hydrogen) atoms. The molecular formula is C13H17N3O3. The van der Waals surface area contributed by atoms with Crippen molar-refractivity contribution < 1.29 is 14.6 Å². The van der Waals surface area contributed by atoms with Gasteiger partial charge in [-0.3, -0.25) is 4.79 Å². The first kappa shape index (κ1) is 13.3. The van der Waals surface area contributed by atoms with Crippen LogP contribution in [0.3, 0.4) is 0 Å². The van der Waals surface area contributed by atoms with E-state index < -0.39 is 5.60 Å². The van der Waals surface area contributed by atoms with E-state index in [-0.39, 0.29) is 18.1 Å². The molecule has 6 heteroatoms. The standard InChI is InChI=1S/C13H17N3O3/c1-13(2,3)19-11(18)5-4-9-6-10(17)12-14-8-15-16(12)7-9/h6-8,17H,4-5H2,1-3H3. The van der Waals surface area contributed by atoms with Crippen LogP contribution in [0.15, 0.2) is 18.6 Å². The fourth-order valence-electron chi connectivity index (χ4n) is 1.74. The number of carbonyl (C=O) groups excluding carboxylic acids is 1. The number of aryl methyl sites for hydroxylation is 1. The van der Waals surface area contributed by atoms with Crippen molar-refractivity contribution in [3.8, 4) is 5.75 Å². The van der Waals surface area contributed by atoms with E-state index in [9.17, 15) is 9.90 Å². The number of hydrogen-bond donors (Lipinski definition) is 1. The van der Waals surface area contributed by atoms with E-state index in [1.807, 2.05) is 20.8 Å². The van der Waals surface area contributed by atoms with Crippen molar-refractivity contribution in [2.24, 2.45) is 0 Å². The predicted octanol–water partition coefficient (Wildman–Crippen LogP) is 1.71. The Morgan fingerprint density at radius 1 is 1.47 bits per heavy atom. The minimum absolute atomic E-state index is 0.0548. The Labute approximate surface area is 111 Å². The molecule has 0 unspecified atom stereocenters. The molecule has 0 aromatic carbocycles. The summed E-state index contributed by atoms with van der Waals surface area (Å²) in [6.45, 7) is 5.49. The van der Waals surface area contributed by atoms with Crippen LogP contribution in [0.4, 0.5) is 0 Å². The summed E-state index contributed by atoms with van der Waals surface area (Å²) in [5.41, 5.74) is 0.733. The van der Waals surface area contributed by atoms with Crippen LogP contribution in [0, 0.1) is 0 Å². The summed E-state index contributed by atoms with van der Waals surface area (Å²) in [4.78, 5) is 15.5. The predicted molar refractivity (Wildman–Crippen MR) is 68.8 cm³/mol. The van der Waals surface area contributed by atoms with Crippen LogP contribution >= 0.6 is 0 Å². The third-order valence-electron chi connectivity index (χ3n) is 2.45. The summed E-state index contributed by atoms with van der Waals surface area (Å²) < 4.78 is 6.71. The molecule has 2 aromatic rings. The van der Waals surface area contributed by atoms with Gasteiger partial charge in [0.1, 0.15) is 11.9 Å². The zero-order valence-electron chi connectivity index (χ0n) is 11.3. The molecule has 0 aliphatic rings. The first-order valence-electron chi connectivity index (χ1n) is 6.08. The van der Waals surface area contributed by atoms with Gasteiger partial charge in [0.15, 0.2) is 11.4 Å². The van der Waals surface area contributed by atoms with Crippen molar-refractivity contribution in [1.29, 1.82) is 0 Å². The molecule has 0 aliphatic carbocycles. The fourth-order valence-corrected chi connectivity index (χ4v) is 1.74. The van der Waals surface area contributed by atoms with Crippen LogP contribution in [-0.2, 0) is 16.0 Å². The maximum atomic E-state index is 11.6. The molecule has 0 amide bonds. The molecule has 0 aliphatic heterocycles. The van der Waals surface area contributed by atoms with Gasteiger partial charge >= 0.3 is 5.97 Å². The first-order chi connectivity index (χ1) is 8.85. The average Bonchev–Trinajstić information content (AvgIpc) is 2.72. The van der Waals surface area contributed by atoms with Gasteiger partial charge in [-0.25, -0.2) is 9.50 Å². The topological polar surface area (TPSA) is 76.7 Å². The molecule has 0 atom stereocenters.